The van der Waals surface area contributed by atoms with Gasteiger partial charge in [-0.2, -0.15) is 23.5 Å². The zero-order valence-electron chi connectivity index (χ0n) is 13.0. The molecule has 0 radical (unpaired) electrons. The third kappa shape index (κ3) is 3.19. The van der Waals surface area contributed by atoms with Crippen molar-refractivity contribution in [2.75, 3.05) is 6.61 Å². The fourth-order valence-electron chi connectivity index (χ4n) is 2.43. The van der Waals surface area contributed by atoms with Crippen LogP contribution in [0.25, 0.3) is 10.9 Å². The van der Waals surface area contributed by atoms with Crippen molar-refractivity contribution >= 4 is 22.5 Å². The first-order valence-electron chi connectivity index (χ1n) is 7.30. The number of benzene rings is 2. The average molecular weight is 382 g/mol. The molecule has 2 N–H and O–H groups in total. The number of nitrogens with zero attached hydrogens (tertiary/aromatic N) is 2. The monoisotopic (exact) mass is 381 g/mol. The molecule has 3 aromatic rings. The van der Waals surface area contributed by atoms with E-state index in [4.69, 9.17) is 21.6 Å². The largest absolute Gasteiger partial charge is 0.488 e. The van der Waals surface area contributed by atoms with Crippen LogP contribution in [-0.4, -0.2) is 28.1 Å². The van der Waals surface area contributed by atoms with E-state index < -0.39 is 23.9 Å². The van der Waals surface area contributed by atoms with E-state index in [1.165, 1.54) is 36.5 Å². The smallest absolute Gasteiger partial charge is 0.424 e. The Morgan fingerprint density at radius 1 is 1.23 bits per heavy atom. The molecule has 0 fully saturated rings. The van der Waals surface area contributed by atoms with Crippen LogP contribution in [0.15, 0.2) is 42.6 Å². The summed E-state index contributed by atoms with van der Waals surface area (Å²) in [7, 11) is 0. The number of aromatic nitrogens is 2. The summed E-state index contributed by atoms with van der Waals surface area (Å²) in [5, 5.41) is 26.5. The Hall–Kier alpha value is -2.76. The van der Waals surface area contributed by atoms with Gasteiger partial charge in [0.15, 0.2) is 0 Å². The number of aromatic amines is 1. The van der Waals surface area contributed by atoms with Gasteiger partial charge in [-0.1, -0.05) is 17.7 Å². The summed E-state index contributed by atoms with van der Waals surface area (Å²) in [6.07, 6.45) is -3.66. The molecule has 0 aliphatic carbocycles. The van der Waals surface area contributed by atoms with Crippen LogP contribution >= 0.6 is 11.6 Å². The van der Waals surface area contributed by atoms with Crippen molar-refractivity contribution in [1.29, 1.82) is 5.26 Å². The first-order valence-corrected chi connectivity index (χ1v) is 7.67. The Labute approximate surface area is 150 Å². The molecule has 9 heteroatoms. The van der Waals surface area contributed by atoms with Crippen LogP contribution < -0.4 is 4.74 Å². The lowest BCUT2D eigenvalue weighted by atomic mass is 9.93. The molecule has 0 saturated carbocycles. The molecule has 1 unspecified atom stereocenters. The van der Waals surface area contributed by atoms with Gasteiger partial charge in [0.25, 0.3) is 0 Å². The summed E-state index contributed by atoms with van der Waals surface area (Å²) in [5.41, 5.74) is -3.17. The van der Waals surface area contributed by atoms with Crippen molar-refractivity contribution in [3.8, 4) is 11.8 Å². The topological polar surface area (TPSA) is 81.9 Å². The second-order valence-electron chi connectivity index (χ2n) is 5.57. The quantitative estimate of drug-likeness (QED) is 0.717. The van der Waals surface area contributed by atoms with Crippen molar-refractivity contribution in [3.05, 3.63) is 58.7 Å². The summed E-state index contributed by atoms with van der Waals surface area (Å²) >= 11 is 5.75. The summed E-state index contributed by atoms with van der Waals surface area (Å²) < 4.78 is 46.0. The highest BCUT2D eigenvalue weighted by atomic mass is 35.5. The van der Waals surface area contributed by atoms with Gasteiger partial charge in [0.1, 0.15) is 18.4 Å². The number of nitrogens with one attached hydrogen (secondary N) is 1. The van der Waals surface area contributed by atoms with Gasteiger partial charge >= 0.3 is 6.18 Å². The molecule has 0 spiro atoms. The number of hydrogen-bond acceptors (Lipinski definition) is 4. The fourth-order valence-corrected chi connectivity index (χ4v) is 2.60. The summed E-state index contributed by atoms with van der Waals surface area (Å²) in [6.45, 7) is -1.13. The van der Waals surface area contributed by atoms with Gasteiger partial charge in [-0.3, -0.25) is 5.10 Å². The van der Waals surface area contributed by atoms with Crippen molar-refractivity contribution in [2.24, 2.45) is 0 Å². The zero-order chi connectivity index (χ0) is 18.9. The lowest BCUT2D eigenvalue weighted by Crippen LogP contribution is -2.47. The first kappa shape index (κ1) is 18.0. The molecule has 1 aromatic heterocycles. The molecule has 0 aliphatic rings. The number of hydrogen-bond donors (Lipinski definition) is 2. The molecule has 0 aliphatic heterocycles. The summed E-state index contributed by atoms with van der Waals surface area (Å²) in [5.74, 6) is -0.107. The molecule has 1 atom stereocenters. The van der Waals surface area contributed by atoms with E-state index in [1.807, 2.05) is 0 Å². The number of fused-ring (bicyclic) bond motifs is 1. The van der Waals surface area contributed by atoms with Gasteiger partial charge in [0.05, 0.1) is 17.3 Å². The maximum Gasteiger partial charge on any atom is 0.424 e. The molecule has 0 bridgehead atoms. The van der Waals surface area contributed by atoms with Crippen molar-refractivity contribution in [1.82, 2.24) is 10.2 Å². The zero-order valence-corrected chi connectivity index (χ0v) is 13.8. The van der Waals surface area contributed by atoms with Crippen molar-refractivity contribution in [3.63, 3.8) is 0 Å². The number of halogens is 4. The minimum absolute atomic E-state index is 0.0349. The Morgan fingerprint density at radius 3 is 2.69 bits per heavy atom. The fraction of sp³-hybridized carbons (Fsp3) is 0.176. The highest BCUT2D eigenvalue weighted by molar-refractivity contribution is 6.30. The molecule has 0 amide bonds. The van der Waals surface area contributed by atoms with Crippen molar-refractivity contribution in [2.45, 2.75) is 11.8 Å². The maximum absolute atomic E-state index is 13.6. The Bertz CT molecular complexity index is 997. The highest BCUT2D eigenvalue weighted by Gasteiger charge is 2.56. The highest BCUT2D eigenvalue weighted by Crippen LogP contribution is 2.40. The van der Waals surface area contributed by atoms with Crippen LogP contribution in [0.1, 0.15) is 11.1 Å². The van der Waals surface area contributed by atoms with Crippen LogP contribution in [0.5, 0.6) is 5.75 Å². The Balaban J connectivity index is 1.97. The average Bonchev–Trinajstić information content (AvgIpc) is 3.06. The molecule has 1 heterocycles. The van der Waals surface area contributed by atoms with Crippen LogP contribution in [0.2, 0.25) is 5.02 Å². The Kier molecular flexibility index (Phi) is 4.52. The molecule has 3 rings (SSSR count). The van der Waals surface area contributed by atoms with Gasteiger partial charge in [0, 0.05) is 10.4 Å². The number of ether oxygens (including phenoxy) is 1. The molecular weight excluding hydrogens is 371 g/mol. The van der Waals surface area contributed by atoms with Crippen LogP contribution in [0, 0.1) is 11.3 Å². The molecule has 0 saturated heterocycles. The Morgan fingerprint density at radius 2 is 2.00 bits per heavy atom. The standard InChI is InChI=1S/C17H11ClF3N3O2/c18-13-2-4-15(10(6-13)7-22)26-9-16(25,17(19,20)21)12-1-3-14-11(5-12)8-23-24-14/h1-6,8,25H,9H2,(H,23,24). The van der Waals surface area contributed by atoms with Gasteiger partial charge < -0.3 is 9.84 Å². The van der Waals surface area contributed by atoms with E-state index in [0.717, 1.165) is 6.07 Å². The predicted molar refractivity (Wildman–Crippen MR) is 87.7 cm³/mol. The number of H-pyrrole nitrogens is 1. The van der Waals surface area contributed by atoms with Gasteiger partial charge in [0.2, 0.25) is 5.60 Å². The second kappa shape index (κ2) is 6.52. The number of nitriles is 1. The van der Waals surface area contributed by atoms with Gasteiger partial charge in [-0.05, 0) is 35.9 Å². The lowest BCUT2D eigenvalue weighted by molar-refractivity contribution is -0.275. The van der Waals surface area contributed by atoms with Crippen LogP contribution in [0.4, 0.5) is 13.2 Å². The minimum Gasteiger partial charge on any atom is -0.488 e. The van der Waals surface area contributed by atoms with E-state index in [1.54, 1.807) is 6.07 Å². The third-order valence-electron chi connectivity index (χ3n) is 3.89. The van der Waals surface area contributed by atoms with E-state index in [0.29, 0.717) is 10.9 Å². The number of alkyl halides is 3. The van der Waals surface area contributed by atoms with Crippen LogP contribution in [-0.2, 0) is 5.60 Å². The van der Waals surface area contributed by atoms with E-state index in [-0.39, 0.29) is 16.3 Å². The van der Waals surface area contributed by atoms with Gasteiger partial charge in [-0.15, -0.1) is 0 Å². The summed E-state index contributed by atoms with van der Waals surface area (Å²) in [6, 6.07) is 9.42. The number of aliphatic hydroxyl groups is 1. The van der Waals surface area contributed by atoms with Crippen LogP contribution in [0.3, 0.4) is 0 Å². The van der Waals surface area contributed by atoms with E-state index >= 15 is 0 Å². The number of rotatable bonds is 4. The SMILES string of the molecule is N#Cc1cc(Cl)ccc1OCC(O)(c1ccc2[nH]ncc2c1)C(F)(F)F. The van der Waals surface area contributed by atoms with E-state index in [9.17, 15) is 18.3 Å². The second-order valence-corrected chi connectivity index (χ2v) is 6.01. The summed E-state index contributed by atoms with van der Waals surface area (Å²) in [4.78, 5) is 0. The normalized spacial score (nSPS) is 14.0. The molecular formula is C17H11ClF3N3O2. The molecule has 26 heavy (non-hydrogen) atoms. The molecule has 2 aromatic carbocycles. The third-order valence-corrected chi connectivity index (χ3v) is 4.12. The molecule has 134 valence electrons. The van der Waals surface area contributed by atoms with E-state index in [2.05, 4.69) is 10.2 Å². The molecule has 5 nitrogen and oxygen atoms in total. The van der Waals surface area contributed by atoms with Crippen molar-refractivity contribution < 1.29 is 23.0 Å². The van der Waals surface area contributed by atoms with Gasteiger partial charge in [-0.25, -0.2) is 0 Å². The minimum atomic E-state index is -5.01. The maximum atomic E-state index is 13.6. The first-order chi connectivity index (χ1) is 12.2. The predicted octanol–water partition coefficient (Wildman–Crippen LogP) is 3.92. The lowest BCUT2D eigenvalue weighted by Gasteiger charge is -2.31.